The molecule has 3 aromatic rings. The van der Waals surface area contributed by atoms with Crippen molar-refractivity contribution >= 4 is 34.5 Å². The molecule has 0 aliphatic rings. The van der Waals surface area contributed by atoms with Crippen LogP contribution in [0.3, 0.4) is 0 Å². The molecule has 24 heavy (non-hydrogen) atoms. The third-order valence-corrected chi connectivity index (χ3v) is 3.97. The van der Waals surface area contributed by atoms with Crippen LogP contribution in [0, 0.1) is 6.92 Å². The van der Waals surface area contributed by atoms with Gasteiger partial charge in [0, 0.05) is 5.69 Å². The highest BCUT2D eigenvalue weighted by atomic mass is 32.2. The molecule has 5 nitrogen and oxygen atoms in total. The van der Waals surface area contributed by atoms with Crippen LogP contribution in [0.15, 0.2) is 47.6 Å². The molecular formula is C16H14F2N4OS. The molecule has 2 aromatic heterocycles. The van der Waals surface area contributed by atoms with Gasteiger partial charge in [0.2, 0.25) is 5.91 Å². The molecule has 0 fully saturated rings. The van der Waals surface area contributed by atoms with E-state index in [-0.39, 0.29) is 17.6 Å². The van der Waals surface area contributed by atoms with E-state index in [1.807, 2.05) is 13.0 Å². The topological polar surface area (TPSA) is 59.8 Å². The number of aromatic nitrogens is 3. The Labute approximate surface area is 141 Å². The van der Waals surface area contributed by atoms with E-state index in [1.54, 1.807) is 36.4 Å². The van der Waals surface area contributed by atoms with Crippen molar-refractivity contribution in [3.8, 4) is 0 Å². The lowest BCUT2D eigenvalue weighted by molar-refractivity contribution is -0.116. The molecule has 0 aliphatic heterocycles. The molecule has 124 valence electrons. The van der Waals surface area contributed by atoms with Crippen molar-refractivity contribution in [2.45, 2.75) is 24.4 Å². The summed E-state index contributed by atoms with van der Waals surface area (Å²) >= 11 is 0.324. The lowest BCUT2D eigenvalue weighted by Gasteiger charge is -2.09. The standard InChI is InChI=1S/C16H14F2N4OS/c1-10-5-4-8-13(19-10)21-14(23)9-22-12-7-3-2-6-11(12)20-16(22)24-15(17)18/h2-8,15H,9H2,1H3,(H,19,21,23). The van der Waals surface area contributed by atoms with Gasteiger partial charge < -0.3 is 9.88 Å². The number of alkyl halides is 2. The second kappa shape index (κ2) is 6.96. The molecular weight excluding hydrogens is 334 g/mol. The van der Waals surface area contributed by atoms with Crippen molar-refractivity contribution in [1.82, 2.24) is 14.5 Å². The Morgan fingerprint density at radius 2 is 2.00 bits per heavy atom. The molecule has 3 rings (SSSR count). The predicted molar refractivity (Wildman–Crippen MR) is 89.2 cm³/mol. The number of anilines is 1. The average molecular weight is 348 g/mol. The number of imidazole rings is 1. The number of carbonyl (C=O) groups excluding carboxylic acids is 1. The maximum atomic E-state index is 12.8. The van der Waals surface area contributed by atoms with Gasteiger partial charge in [-0.05, 0) is 43.0 Å². The predicted octanol–water partition coefficient (Wildman–Crippen LogP) is 3.69. The van der Waals surface area contributed by atoms with Gasteiger partial charge in [0.25, 0.3) is 5.76 Å². The molecule has 0 radical (unpaired) electrons. The Morgan fingerprint density at radius 1 is 1.21 bits per heavy atom. The lowest BCUT2D eigenvalue weighted by atomic mass is 10.3. The minimum atomic E-state index is -2.61. The maximum Gasteiger partial charge on any atom is 0.291 e. The minimum Gasteiger partial charge on any atom is -0.309 e. The summed E-state index contributed by atoms with van der Waals surface area (Å²) < 4.78 is 27.0. The fourth-order valence-electron chi connectivity index (χ4n) is 2.31. The lowest BCUT2D eigenvalue weighted by Crippen LogP contribution is -2.20. The summed E-state index contributed by atoms with van der Waals surface area (Å²) in [7, 11) is 0. The Hall–Kier alpha value is -2.48. The number of hydrogen-bond acceptors (Lipinski definition) is 4. The van der Waals surface area contributed by atoms with Gasteiger partial charge in [0.1, 0.15) is 12.4 Å². The molecule has 1 N–H and O–H groups in total. The summed E-state index contributed by atoms with van der Waals surface area (Å²) in [6.45, 7) is 1.70. The molecule has 0 atom stereocenters. The Balaban J connectivity index is 1.86. The van der Waals surface area contributed by atoms with Gasteiger partial charge in [-0.1, -0.05) is 18.2 Å². The van der Waals surface area contributed by atoms with Gasteiger partial charge in [-0.15, -0.1) is 0 Å². The Kier molecular flexibility index (Phi) is 4.75. The van der Waals surface area contributed by atoms with Crippen LogP contribution in [-0.2, 0) is 11.3 Å². The van der Waals surface area contributed by atoms with Crippen LogP contribution < -0.4 is 5.32 Å². The molecule has 0 aliphatic carbocycles. The summed E-state index contributed by atoms with van der Waals surface area (Å²) in [4.78, 5) is 20.6. The quantitative estimate of drug-likeness (QED) is 0.715. The number of pyridine rings is 1. The molecule has 1 amide bonds. The summed E-state index contributed by atoms with van der Waals surface area (Å²) in [6.07, 6.45) is 0. The zero-order valence-electron chi connectivity index (χ0n) is 12.7. The van der Waals surface area contributed by atoms with Gasteiger partial charge >= 0.3 is 0 Å². The van der Waals surface area contributed by atoms with Crippen molar-refractivity contribution in [1.29, 1.82) is 0 Å². The van der Waals surface area contributed by atoms with Crippen LogP contribution in [-0.4, -0.2) is 26.2 Å². The number of amides is 1. The number of rotatable bonds is 5. The van der Waals surface area contributed by atoms with Gasteiger partial charge in [-0.3, -0.25) is 4.79 Å². The van der Waals surface area contributed by atoms with E-state index < -0.39 is 5.76 Å². The summed E-state index contributed by atoms with van der Waals surface area (Å²) in [5, 5.41) is 2.78. The second-order valence-corrected chi connectivity index (χ2v) is 6.02. The highest BCUT2D eigenvalue weighted by Gasteiger charge is 2.17. The van der Waals surface area contributed by atoms with E-state index in [0.29, 0.717) is 28.6 Å². The highest BCUT2D eigenvalue weighted by Crippen LogP contribution is 2.28. The van der Waals surface area contributed by atoms with Crippen molar-refractivity contribution in [3.63, 3.8) is 0 Å². The van der Waals surface area contributed by atoms with E-state index in [4.69, 9.17) is 0 Å². The first-order chi connectivity index (χ1) is 11.5. The van der Waals surface area contributed by atoms with E-state index in [0.717, 1.165) is 5.69 Å². The Bertz CT molecular complexity index is 881. The van der Waals surface area contributed by atoms with Crippen LogP contribution in [0.5, 0.6) is 0 Å². The summed E-state index contributed by atoms with van der Waals surface area (Å²) in [5.74, 6) is -2.54. The van der Waals surface area contributed by atoms with Gasteiger partial charge in [0.05, 0.1) is 11.0 Å². The molecule has 2 heterocycles. The maximum absolute atomic E-state index is 12.8. The minimum absolute atomic E-state index is 0.110. The number of benzene rings is 1. The third-order valence-electron chi connectivity index (χ3n) is 3.27. The molecule has 0 spiro atoms. The first-order valence-electron chi connectivity index (χ1n) is 7.16. The SMILES string of the molecule is Cc1cccc(NC(=O)Cn2c(SC(F)F)nc3ccccc32)n1. The second-order valence-electron chi connectivity index (χ2n) is 5.06. The first kappa shape index (κ1) is 16.4. The van der Waals surface area contributed by atoms with Crippen molar-refractivity contribution in [2.75, 3.05) is 5.32 Å². The molecule has 8 heteroatoms. The molecule has 0 bridgehead atoms. The third kappa shape index (κ3) is 3.70. The van der Waals surface area contributed by atoms with E-state index in [9.17, 15) is 13.6 Å². The summed E-state index contributed by atoms with van der Waals surface area (Å²) in [5.41, 5.74) is 1.98. The van der Waals surface area contributed by atoms with Crippen LogP contribution in [0.1, 0.15) is 5.69 Å². The van der Waals surface area contributed by atoms with Gasteiger partial charge in [-0.25, -0.2) is 9.97 Å². The molecule has 1 aromatic carbocycles. The molecule has 0 saturated heterocycles. The van der Waals surface area contributed by atoms with Crippen LogP contribution in [0.25, 0.3) is 11.0 Å². The smallest absolute Gasteiger partial charge is 0.291 e. The van der Waals surface area contributed by atoms with Gasteiger partial charge in [0.15, 0.2) is 5.16 Å². The molecule has 0 unspecified atom stereocenters. The zero-order valence-corrected chi connectivity index (χ0v) is 13.6. The first-order valence-corrected chi connectivity index (χ1v) is 8.04. The number of fused-ring (bicyclic) bond motifs is 1. The largest absolute Gasteiger partial charge is 0.309 e. The number of carbonyl (C=O) groups is 1. The number of thioether (sulfide) groups is 1. The number of hydrogen-bond donors (Lipinski definition) is 1. The number of para-hydroxylation sites is 2. The number of nitrogens with zero attached hydrogens (tertiary/aromatic N) is 3. The number of nitrogens with one attached hydrogen (secondary N) is 1. The zero-order chi connectivity index (χ0) is 17.1. The van der Waals surface area contributed by atoms with E-state index in [1.165, 1.54) is 4.57 Å². The monoisotopic (exact) mass is 348 g/mol. The van der Waals surface area contributed by atoms with Gasteiger partial charge in [-0.2, -0.15) is 8.78 Å². The average Bonchev–Trinajstić information content (AvgIpc) is 2.84. The van der Waals surface area contributed by atoms with Crippen LogP contribution >= 0.6 is 11.8 Å². The van der Waals surface area contributed by atoms with Crippen LogP contribution in [0.2, 0.25) is 0 Å². The fraction of sp³-hybridized carbons (Fsp3) is 0.188. The van der Waals surface area contributed by atoms with Crippen molar-refractivity contribution in [3.05, 3.63) is 48.2 Å². The normalized spacial score (nSPS) is 11.2. The number of halogens is 2. The Morgan fingerprint density at radius 3 is 2.75 bits per heavy atom. The molecule has 0 saturated carbocycles. The number of aryl methyl sites for hydroxylation is 1. The van der Waals surface area contributed by atoms with E-state index >= 15 is 0 Å². The fourth-order valence-corrected chi connectivity index (χ4v) is 2.92. The summed E-state index contributed by atoms with van der Waals surface area (Å²) in [6, 6.07) is 12.3. The van der Waals surface area contributed by atoms with Crippen molar-refractivity contribution in [2.24, 2.45) is 0 Å². The van der Waals surface area contributed by atoms with Crippen molar-refractivity contribution < 1.29 is 13.6 Å². The van der Waals surface area contributed by atoms with Crippen LogP contribution in [0.4, 0.5) is 14.6 Å². The van der Waals surface area contributed by atoms with E-state index in [2.05, 4.69) is 15.3 Å². The highest BCUT2D eigenvalue weighted by molar-refractivity contribution is 7.99.